The Balaban J connectivity index is 0.000000563. The maximum absolute atomic E-state index is 10.7. The van der Waals surface area contributed by atoms with Gasteiger partial charge < -0.3 is 29.7 Å². The van der Waals surface area contributed by atoms with Crippen LogP contribution < -0.4 is 15.3 Å². The van der Waals surface area contributed by atoms with Crippen LogP contribution in [-0.4, -0.2) is 17.9 Å². The van der Waals surface area contributed by atoms with E-state index in [1.54, 1.807) is 36.4 Å². The van der Waals surface area contributed by atoms with Gasteiger partial charge >= 0.3 is 17.1 Å². The third-order valence-electron chi connectivity index (χ3n) is 6.11. The Morgan fingerprint density at radius 3 is 0.900 bits per heavy atom. The van der Waals surface area contributed by atoms with Gasteiger partial charge in [-0.05, 0) is 55.2 Å². The van der Waals surface area contributed by atoms with Crippen LogP contribution in [0, 0.1) is 0 Å². The van der Waals surface area contributed by atoms with Gasteiger partial charge in [0, 0.05) is 16.7 Å². The topological polar surface area (TPSA) is 120 Å². The molecule has 3 aromatic carbocycles. The molecule has 7 heteroatoms. The van der Waals surface area contributed by atoms with E-state index in [0.717, 1.165) is 74.5 Å². The van der Waals surface area contributed by atoms with Crippen molar-refractivity contribution in [2.45, 2.75) is 78.6 Å². The first-order chi connectivity index (χ1) is 18.8. The van der Waals surface area contributed by atoms with E-state index in [0.29, 0.717) is 16.7 Å². The fraction of sp³-hybridized carbons (Fsp3) is 0.364. The van der Waals surface area contributed by atoms with Gasteiger partial charge in [-0.15, -0.1) is 0 Å². The predicted octanol–water partition coefficient (Wildman–Crippen LogP) is 4.18. The molecule has 0 saturated heterocycles. The average Bonchev–Trinajstić information content (AvgIpc) is 2.94. The first-order valence-electron chi connectivity index (χ1n) is 13.6. The van der Waals surface area contributed by atoms with E-state index in [9.17, 15) is 29.7 Å². The second-order valence-electron chi connectivity index (χ2n) is 9.14. The zero-order chi connectivity index (χ0) is 29.0. The number of carbonyl (C=O) groups is 3. The molecule has 0 saturated carbocycles. The van der Waals surface area contributed by atoms with Crippen LogP contribution >= 0.6 is 0 Å². The monoisotopic (exact) mass is 587 g/mol. The number of carbonyl (C=O) groups excluding carboxylic acids is 3. The van der Waals surface area contributed by atoms with E-state index in [2.05, 4.69) is 20.8 Å². The van der Waals surface area contributed by atoms with Crippen molar-refractivity contribution in [3.63, 3.8) is 0 Å². The Kier molecular flexibility index (Phi) is 19.6. The van der Waals surface area contributed by atoms with Crippen molar-refractivity contribution < 1.29 is 46.8 Å². The van der Waals surface area contributed by atoms with Gasteiger partial charge in [0.15, 0.2) is 0 Å². The van der Waals surface area contributed by atoms with Crippen molar-refractivity contribution in [1.29, 1.82) is 0 Å². The van der Waals surface area contributed by atoms with Crippen LogP contribution in [0.2, 0.25) is 0 Å². The first kappa shape index (κ1) is 36.6. The number of hydrogen-bond acceptors (Lipinski definition) is 6. The van der Waals surface area contributed by atoms with E-state index < -0.39 is 17.9 Å². The van der Waals surface area contributed by atoms with Crippen LogP contribution in [-0.2, 0) is 36.3 Å². The molecule has 0 heterocycles. The third-order valence-corrected chi connectivity index (χ3v) is 6.11. The summed E-state index contributed by atoms with van der Waals surface area (Å²) >= 11 is 0. The van der Waals surface area contributed by atoms with Crippen molar-refractivity contribution in [3.8, 4) is 0 Å². The number of benzene rings is 3. The molecule has 40 heavy (non-hydrogen) atoms. The van der Waals surface area contributed by atoms with E-state index in [1.165, 1.54) is 0 Å². The predicted molar refractivity (Wildman–Crippen MR) is 148 cm³/mol. The molecule has 0 aliphatic carbocycles. The van der Waals surface area contributed by atoms with Gasteiger partial charge in [-0.2, -0.15) is 0 Å². The normalized spacial score (nSPS) is 9.68. The van der Waals surface area contributed by atoms with Gasteiger partial charge in [-0.1, -0.05) is 113 Å². The number of rotatable bonds is 12. The van der Waals surface area contributed by atoms with Crippen LogP contribution in [0.3, 0.4) is 0 Å². The van der Waals surface area contributed by atoms with E-state index in [4.69, 9.17) is 0 Å². The third kappa shape index (κ3) is 13.6. The maximum atomic E-state index is 10.7. The molecule has 6 nitrogen and oxygen atoms in total. The molecule has 0 aliphatic heterocycles. The number of hydrogen-bond donors (Lipinski definition) is 0. The zero-order valence-corrected chi connectivity index (χ0v) is 24.7. The smallest absolute Gasteiger partial charge is 0.545 e. The summed E-state index contributed by atoms with van der Waals surface area (Å²) in [5, 5.41) is 32.0. The molecule has 0 aromatic heterocycles. The van der Waals surface area contributed by atoms with Crippen LogP contribution in [0.5, 0.6) is 0 Å². The summed E-state index contributed by atoms with van der Waals surface area (Å²) < 4.78 is 0. The molecular weight excluding hydrogens is 548 g/mol. The molecule has 0 N–H and O–H groups in total. The van der Waals surface area contributed by atoms with Gasteiger partial charge in [-0.3, -0.25) is 0 Å². The fourth-order valence-corrected chi connectivity index (χ4v) is 3.91. The minimum Gasteiger partial charge on any atom is -0.545 e. The summed E-state index contributed by atoms with van der Waals surface area (Å²) in [5.41, 5.74) is 3.63. The van der Waals surface area contributed by atoms with E-state index in [-0.39, 0.29) is 17.1 Å². The zero-order valence-electron chi connectivity index (χ0n) is 23.6. The Morgan fingerprint density at radius 2 is 0.700 bits per heavy atom. The van der Waals surface area contributed by atoms with Crippen molar-refractivity contribution >= 4 is 17.9 Å². The SMILES string of the molecule is CCCCc1ccccc1C(=O)[O-].CCCCc1ccccc1C(=O)[O-].CCCCc1ccccc1C(=O)[O-].[Fe+3]. The van der Waals surface area contributed by atoms with E-state index in [1.807, 2.05) is 36.4 Å². The van der Waals surface area contributed by atoms with Crippen LogP contribution in [0.15, 0.2) is 72.8 Å². The number of unbranched alkanes of at least 4 members (excludes halogenated alkanes) is 3. The standard InChI is InChI=1S/3C11H14O2.Fe/c3*1-2-3-6-9-7-4-5-8-10(9)11(12)13;/h3*4-5,7-8H,2-3,6H2,1H3,(H,12,13);/q;;;+3/p-3. The first-order valence-corrected chi connectivity index (χ1v) is 13.6. The minimum atomic E-state index is -1.08. The molecule has 215 valence electrons. The molecule has 0 bridgehead atoms. The maximum Gasteiger partial charge on any atom is 3.00 e. The quantitative estimate of drug-likeness (QED) is 0.293. The second-order valence-corrected chi connectivity index (χ2v) is 9.14. The molecule has 1 radical (unpaired) electrons. The Hall–Kier alpha value is -3.41. The molecule has 3 rings (SSSR count). The molecule has 3 aromatic rings. The summed E-state index contributed by atoms with van der Waals surface area (Å²) in [5.74, 6) is -3.23. The van der Waals surface area contributed by atoms with Gasteiger partial charge in [-0.25, -0.2) is 0 Å². The summed E-state index contributed by atoms with van der Waals surface area (Å²) in [4.78, 5) is 32.0. The largest absolute Gasteiger partial charge is 3.00 e. The van der Waals surface area contributed by atoms with Crippen molar-refractivity contribution in [2.24, 2.45) is 0 Å². The van der Waals surface area contributed by atoms with Gasteiger partial charge in [0.1, 0.15) is 0 Å². The van der Waals surface area contributed by atoms with Crippen LogP contribution in [0.4, 0.5) is 0 Å². The van der Waals surface area contributed by atoms with Crippen LogP contribution in [0.1, 0.15) is 107 Å². The molecular formula is C33H39FeO6. The Morgan fingerprint density at radius 1 is 0.475 bits per heavy atom. The fourth-order valence-electron chi connectivity index (χ4n) is 3.91. The average molecular weight is 588 g/mol. The Bertz CT molecular complexity index is 1030. The molecule has 0 unspecified atom stereocenters. The van der Waals surface area contributed by atoms with E-state index >= 15 is 0 Å². The summed E-state index contributed by atoms with van der Waals surface area (Å²) in [6.45, 7) is 6.25. The van der Waals surface area contributed by atoms with Crippen molar-refractivity contribution in [3.05, 3.63) is 106 Å². The van der Waals surface area contributed by atoms with Crippen LogP contribution in [0.25, 0.3) is 0 Å². The summed E-state index contributed by atoms with van der Waals surface area (Å²) in [6, 6.07) is 21.1. The number of aromatic carboxylic acids is 3. The molecule has 0 fully saturated rings. The second kappa shape index (κ2) is 21.4. The molecule has 0 atom stereocenters. The number of carboxylic acids is 3. The number of carboxylic acid groups (broad SMARTS) is 3. The minimum absolute atomic E-state index is 0. The van der Waals surface area contributed by atoms with Crippen molar-refractivity contribution in [2.75, 3.05) is 0 Å². The van der Waals surface area contributed by atoms with Gasteiger partial charge in [0.05, 0.1) is 17.9 Å². The molecule has 0 amide bonds. The Labute approximate surface area is 248 Å². The van der Waals surface area contributed by atoms with Crippen molar-refractivity contribution in [1.82, 2.24) is 0 Å². The molecule has 0 aliphatic rings. The van der Waals surface area contributed by atoms with Gasteiger partial charge in [0.2, 0.25) is 0 Å². The van der Waals surface area contributed by atoms with Gasteiger partial charge in [0.25, 0.3) is 0 Å². The number of aryl methyl sites for hydroxylation is 3. The summed E-state index contributed by atoms with van der Waals surface area (Å²) in [6.07, 6.45) is 8.73. The molecule has 0 spiro atoms. The summed E-state index contributed by atoms with van der Waals surface area (Å²) in [7, 11) is 0.